The molecular weight excluding hydrogens is 276 g/mol. The average Bonchev–Trinajstić information content (AvgIpc) is 1.94. The predicted octanol–water partition coefficient (Wildman–Crippen LogP) is 1.81. The number of aliphatic hydroxyl groups excluding tert-OH is 1. The van der Waals surface area contributed by atoms with Crippen molar-refractivity contribution in [2.45, 2.75) is 5.01 Å². The lowest BCUT2D eigenvalue weighted by atomic mass is 10.3. The number of rotatable bonds is 1. The van der Waals surface area contributed by atoms with Crippen LogP contribution in [-0.2, 0) is 0 Å². The standard InChI is InChI=1S/C6H6Br2N2O/c7-3-1-4(5(8)11)6(9)10-2-3/h1-2,5,11H,(H2,9,10). The highest BCUT2D eigenvalue weighted by Crippen LogP contribution is 2.25. The molecule has 1 rings (SSSR count). The zero-order valence-electron chi connectivity index (χ0n) is 5.46. The van der Waals surface area contributed by atoms with Gasteiger partial charge in [0.1, 0.15) is 10.8 Å². The number of anilines is 1. The van der Waals surface area contributed by atoms with Gasteiger partial charge in [-0.25, -0.2) is 4.98 Å². The van der Waals surface area contributed by atoms with E-state index in [4.69, 9.17) is 10.8 Å². The van der Waals surface area contributed by atoms with Crippen LogP contribution in [0.1, 0.15) is 10.6 Å². The molecule has 0 radical (unpaired) electrons. The summed E-state index contributed by atoms with van der Waals surface area (Å²) >= 11 is 6.20. The highest BCUT2D eigenvalue weighted by molar-refractivity contribution is 9.10. The maximum absolute atomic E-state index is 9.10. The third-order valence-electron chi connectivity index (χ3n) is 1.17. The Morgan fingerprint density at radius 1 is 1.64 bits per heavy atom. The maximum atomic E-state index is 9.10. The minimum Gasteiger partial charge on any atom is -0.383 e. The Bertz CT molecular complexity index is 265. The lowest BCUT2D eigenvalue weighted by Crippen LogP contribution is -1.98. The fourth-order valence-corrected chi connectivity index (χ4v) is 1.37. The van der Waals surface area contributed by atoms with Crippen molar-refractivity contribution in [1.82, 2.24) is 4.98 Å². The van der Waals surface area contributed by atoms with E-state index in [-0.39, 0.29) is 0 Å². The van der Waals surface area contributed by atoms with Gasteiger partial charge in [-0.05, 0) is 22.0 Å². The van der Waals surface area contributed by atoms with E-state index in [1.165, 1.54) is 0 Å². The predicted molar refractivity (Wildman–Crippen MR) is 50.2 cm³/mol. The summed E-state index contributed by atoms with van der Waals surface area (Å²) in [4.78, 5) is 3.84. The number of aromatic nitrogens is 1. The molecule has 1 unspecified atom stereocenters. The Balaban J connectivity index is 3.13. The van der Waals surface area contributed by atoms with Crippen LogP contribution >= 0.6 is 31.9 Å². The molecule has 60 valence electrons. The maximum Gasteiger partial charge on any atom is 0.137 e. The van der Waals surface area contributed by atoms with E-state index in [0.29, 0.717) is 11.4 Å². The van der Waals surface area contributed by atoms with Crippen LogP contribution in [0.2, 0.25) is 0 Å². The molecule has 5 heteroatoms. The van der Waals surface area contributed by atoms with Crippen molar-refractivity contribution < 1.29 is 5.11 Å². The fourth-order valence-electron chi connectivity index (χ4n) is 0.656. The second kappa shape index (κ2) is 3.51. The van der Waals surface area contributed by atoms with Crippen LogP contribution in [0.3, 0.4) is 0 Å². The quantitative estimate of drug-likeness (QED) is 0.772. The summed E-state index contributed by atoms with van der Waals surface area (Å²) in [5, 5.41) is 8.35. The monoisotopic (exact) mass is 280 g/mol. The molecule has 0 aliphatic carbocycles. The van der Waals surface area contributed by atoms with Crippen molar-refractivity contribution in [2.24, 2.45) is 0 Å². The van der Waals surface area contributed by atoms with Gasteiger partial charge < -0.3 is 10.8 Å². The topological polar surface area (TPSA) is 59.1 Å². The van der Waals surface area contributed by atoms with Crippen molar-refractivity contribution in [3.05, 3.63) is 22.3 Å². The molecule has 3 N–H and O–H groups in total. The van der Waals surface area contributed by atoms with Gasteiger partial charge in [-0.15, -0.1) is 0 Å². The number of hydrogen-bond acceptors (Lipinski definition) is 3. The first-order valence-corrected chi connectivity index (χ1v) is 4.55. The molecule has 1 aromatic heterocycles. The average molecular weight is 282 g/mol. The third kappa shape index (κ3) is 2.15. The van der Waals surface area contributed by atoms with Gasteiger partial charge in [0.05, 0.1) is 0 Å². The molecule has 0 bridgehead atoms. The number of halogens is 2. The summed E-state index contributed by atoms with van der Waals surface area (Å²) in [6, 6.07) is 1.71. The Kier molecular flexibility index (Phi) is 2.86. The highest BCUT2D eigenvalue weighted by atomic mass is 79.9. The van der Waals surface area contributed by atoms with E-state index in [2.05, 4.69) is 36.8 Å². The number of nitrogens with two attached hydrogens (primary N) is 1. The number of pyridine rings is 1. The molecule has 0 fully saturated rings. The molecular formula is C6H6Br2N2O. The molecule has 1 aromatic rings. The summed E-state index contributed by atoms with van der Waals surface area (Å²) in [6.07, 6.45) is 1.58. The van der Waals surface area contributed by atoms with Crippen LogP contribution in [-0.4, -0.2) is 10.1 Å². The third-order valence-corrected chi connectivity index (χ3v) is 2.10. The molecule has 3 nitrogen and oxygen atoms in total. The van der Waals surface area contributed by atoms with E-state index in [1.54, 1.807) is 12.3 Å². The SMILES string of the molecule is Nc1ncc(Br)cc1C(O)Br. The number of aliphatic hydroxyl groups is 1. The Morgan fingerprint density at radius 2 is 2.27 bits per heavy atom. The van der Waals surface area contributed by atoms with Gasteiger partial charge in [0, 0.05) is 16.2 Å². The molecule has 0 saturated heterocycles. The van der Waals surface area contributed by atoms with Crippen LogP contribution in [0.5, 0.6) is 0 Å². The summed E-state index contributed by atoms with van der Waals surface area (Å²) in [5.74, 6) is 0.331. The van der Waals surface area contributed by atoms with Crippen molar-refractivity contribution >= 4 is 37.7 Å². The van der Waals surface area contributed by atoms with Gasteiger partial charge in [-0.2, -0.15) is 0 Å². The first-order chi connectivity index (χ1) is 5.11. The van der Waals surface area contributed by atoms with Gasteiger partial charge in [0.2, 0.25) is 0 Å². The number of alkyl halides is 1. The highest BCUT2D eigenvalue weighted by Gasteiger charge is 2.07. The number of nitrogen functional groups attached to an aromatic ring is 1. The molecule has 1 atom stereocenters. The van der Waals surface area contributed by atoms with E-state index >= 15 is 0 Å². The summed E-state index contributed by atoms with van der Waals surface area (Å²) in [7, 11) is 0. The van der Waals surface area contributed by atoms with Gasteiger partial charge in [-0.3, -0.25) is 0 Å². The lowest BCUT2D eigenvalue weighted by molar-refractivity contribution is 0.277. The molecule has 1 heterocycles. The Labute approximate surface area is 80.9 Å². The second-order valence-corrected chi connectivity index (χ2v) is 3.75. The van der Waals surface area contributed by atoms with Gasteiger partial charge in [0.25, 0.3) is 0 Å². The van der Waals surface area contributed by atoms with Crippen molar-refractivity contribution in [3.8, 4) is 0 Å². The molecule has 0 amide bonds. The van der Waals surface area contributed by atoms with Crippen molar-refractivity contribution in [3.63, 3.8) is 0 Å². The fraction of sp³-hybridized carbons (Fsp3) is 0.167. The molecule has 0 aliphatic rings. The lowest BCUT2D eigenvalue weighted by Gasteiger charge is -2.05. The summed E-state index contributed by atoms with van der Waals surface area (Å²) in [6.45, 7) is 0. The first kappa shape index (κ1) is 8.96. The smallest absolute Gasteiger partial charge is 0.137 e. The number of hydrogen-bond donors (Lipinski definition) is 2. The van der Waals surface area contributed by atoms with E-state index < -0.39 is 5.01 Å². The minimum atomic E-state index is -0.757. The first-order valence-electron chi connectivity index (χ1n) is 2.84. The van der Waals surface area contributed by atoms with Gasteiger partial charge in [-0.1, -0.05) is 15.9 Å². The van der Waals surface area contributed by atoms with Crippen LogP contribution in [0.15, 0.2) is 16.7 Å². The van der Waals surface area contributed by atoms with Crippen LogP contribution in [0.25, 0.3) is 0 Å². The largest absolute Gasteiger partial charge is 0.383 e. The Hall–Kier alpha value is -0.130. The molecule has 0 spiro atoms. The van der Waals surface area contributed by atoms with E-state index in [0.717, 1.165) is 4.47 Å². The Morgan fingerprint density at radius 3 is 2.73 bits per heavy atom. The summed E-state index contributed by atoms with van der Waals surface area (Å²) in [5.41, 5.74) is 6.04. The van der Waals surface area contributed by atoms with E-state index in [9.17, 15) is 0 Å². The number of nitrogens with zero attached hydrogens (tertiary/aromatic N) is 1. The second-order valence-electron chi connectivity index (χ2n) is 1.96. The van der Waals surface area contributed by atoms with E-state index in [1.807, 2.05) is 0 Å². The minimum absolute atomic E-state index is 0.331. The summed E-state index contributed by atoms with van der Waals surface area (Å²) < 4.78 is 0.792. The zero-order chi connectivity index (χ0) is 8.43. The molecule has 0 aliphatic heterocycles. The zero-order valence-corrected chi connectivity index (χ0v) is 8.63. The van der Waals surface area contributed by atoms with Gasteiger partial charge >= 0.3 is 0 Å². The molecule has 11 heavy (non-hydrogen) atoms. The normalized spacial score (nSPS) is 13.0. The van der Waals surface area contributed by atoms with Crippen molar-refractivity contribution in [1.29, 1.82) is 0 Å². The van der Waals surface area contributed by atoms with Crippen LogP contribution in [0, 0.1) is 0 Å². The molecule has 0 aromatic carbocycles. The molecule has 0 saturated carbocycles. The van der Waals surface area contributed by atoms with Crippen LogP contribution < -0.4 is 5.73 Å². The van der Waals surface area contributed by atoms with Gasteiger partial charge in [0.15, 0.2) is 0 Å². The van der Waals surface area contributed by atoms with Crippen molar-refractivity contribution in [2.75, 3.05) is 5.73 Å². The van der Waals surface area contributed by atoms with Crippen LogP contribution in [0.4, 0.5) is 5.82 Å².